The lowest BCUT2D eigenvalue weighted by Crippen LogP contribution is -2.54. The smallest absolute Gasteiger partial charge is 0.326 e. The molecule has 0 aliphatic rings. The van der Waals surface area contributed by atoms with Crippen molar-refractivity contribution in [1.82, 2.24) is 21.3 Å². The fraction of sp³-hybridized carbons (Fsp3) is 0.700. The van der Waals surface area contributed by atoms with Crippen molar-refractivity contribution in [3.8, 4) is 0 Å². The molecule has 0 unspecified atom stereocenters. The first-order chi connectivity index (χ1) is 15.8. The number of hydrogen-bond donors (Lipinski definition) is 8. The van der Waals surface area contributed by atoms with Crippen LogP contribution < -0.4 is 32.7 Å². The second-order valence-electron chi connectivity index (χ2n) is 7.93. The van der Waals surface area contributed by atoms with E-state index in [0.717, 1.165) is 0 Å². The summed E-state index contributed by atoms with van der Waals surface area (Å²) in [5, 5.41) is 27.5. The van der Waals surface area contributed by atoms with Crippen LogP contribution >= 0.6 is 0 Å². The van der Waals surface area contributed by atoms with Crippen molar-refractivity contribution in [2.24, 2.45) is 11.5 Å². The van der Waals surface area contributed by atoms with E-state index in [9.17, 15) is 33.9 Å². The minimum Gasteiger partial charge on any atom is -0.480 e. The van der Waals surface area contributed by atoms with Crippen LogP contribution in [0.5, 0.6) is 0 Å². The van der Waals surface area contributed by atoms with Crippen molar-refractivity contribution in [1.29, 1.82) is 0 Å². The van der Waals surface area contributed by atoms with Gasteiger partial charge in [-0.2, -0.15) is 0 Å². The standard InChI is InChI=1S/C20H36N6O8/c1-10(22)16(28)26-14(20(33)34)7-8-15(27)25-13(6-4-5-9-21)18(30)23-11(2)17(29)24-12(3)19(31)32/h10-14H,4-9,21-22H2,1-3H3,(H,23,30)(H,24,29)(H,25,27)(H,26,28)(H,31,32)(H,33,34)/t10-,11-,12-,13+,14+/m0/s1. The molecule has 0 radical (unpaired) electrons. The van der Waals surface area contributed by atoms with Gasteiger partial charge in [-0.25, -0.2) is 4.79 Å². The van der Waals surface area contributed by atoms with Gasteiger partial charge >= 0.3 is 11.9 Å². The third-order valence-electron chi connectivity index (χ3n) is 4.77. The van der Waals surface area contributed by atoms with Crippen LogP contribution in [0.3, 0.4) is 0 Å². The molecule has 0 saturated heterocycles. The maximum atomic E-state index is 12.7. The predicted molar refractivity (Wildman–Crippen MR) is 120 cm³/mol. The summed E-state index contributed by atoms with van der Waals surface area (Å²) >= 11 is 0. The van der Waals surface area contributed by atoms with Gasteiger partial charge in [0.15, 0.2) is 0 Å². The summed E-state index contributed by atoms with van der Waals surface area (Å²) in [4.78, 5) is 71.0. The molecule has 0 heterocycles. The maximum Gasteiger partial charge on any atom is 0.326 e. The van der Waals surface area contributed by atoms with E-state index < -0.39 is 65.8 Å². The van der Waals surface area contributed by atoms with Gasteiger partial charge in [0.1, 0.15) is 24.2 Å². The van der Waals surface area contributed by atoms with Crippen LogP contribution in [-0.4, -0.2) is 82.5 Å². The average molecular weight is 489 g/mol. The Balaban J connectivity index is 5.05. The Bertz CT molecular complexity index is 745. The molecule has 14 nitrogen and oxygen atoms in total. The molecule has 0 aromatic heterocycles. The Labute approximate surface area is 197 Å². The molecule has 0 bridgehead atoms. The first kappa shape index (κ1) is 30.7. The van der Waals surface area contributed by atoms with Gasteiger partial charge in [-0.3, -0.25) is 24.0 Å². The number of aliphatic carboxylic acids is 2. The molecule has 5 atom stereocenters. The number of carbonyl (C=O) groups excluding carboxylic acids is 4. The van der Waals surface area contributed by atoms with Gasteiger partial charge in [-0.05, 0) is 53.0 Å². The largest absolute Gasteiger partial charge is 0.480 e. The van der Waals surface area contributed by atoms with Crippen molar-refractivity contribution in [2.75, 3.05) is 6.54 Å². The minimum atomic E-state index is -1.34. The van der Waals surface area contributed by atoms with Gasteiger partial charge < -0.3 is 42.9 Å². The molecule has 0 fully saturated rings. The summed E-state index contributed by atoms with van der Waals surface area (Å²) in [6, 6.07) is -5.53. The second kappa shape index (κ2) is 15.6. The van der Waals surface area contributed by atoms with Crippen molar-refractivity contribution in [3.63, 3.8) is 0 Å². The number of rotatable bonds is 16. The van der Waals surface area contributed by atoms with Gasteiger partial charge in [0, 0.05) is 6.42 Å². The van der Waals surface area contributed by atoms with E-state index in [1.54, 1.807) is 0 Å². The molecule has 0 rings (SSSR count). The number of carboxylic acid groups (broad SMARTS) is 2. The number of nitrogens with two attached hydrogens (primary N) is 2. The van der Waals surface area contributed by atoms with Crippen LogP contribution in [-0.2, 0) is 28.8 Å². The number of unbranched alkanes of at least 4 members (excludes halogenated alkanes) is 1. The highest BCUT2D eigenvalue weighted by atomic mass is 16.4. The van der Waals surface area contributed by atoms with Gasteiger partial charge in [-0.15, -0.1) is 0 Å². The topological polar surface area (TPSA) is 243 Å². The number of amides is 4. The van der Waals surface area contributed by atoms with E-state index >= 15 is 0 Å². The van der Waals surface area contributed by atoms with Crippen molar-refractivity contribution < 1.29 is 39.0 Å². The molecule has 14 heteroatoms. The van der Waals surface area contributed by atoms with Crippen LogP contribution in [0.25, 0.3) is 0 Å². The zero-order chi connectivity index (χ0) is 26.4. The lowest BCUT2D eigenvalue weighted by Gasteiger charge is -2.22. The number of hydrogen-bond acceptors (Lipinski definition) is 8. The number of carboxylic acids is 2. The third kappa shape index (κ3) is 12.1. The normalized spacial score (nSPS) is 15.1. The molecule has 194 valence electrons. The van der Waals surface area contributed by atoms with E-state index in [4.69, 9.17) is 16.6 Å². The summed E-state index contributed by atoms with van der Waals surface area (Å²) in [7, 11) is 0. The lowest BCUT2D eigenvalue weighted by atomic mass is 10.1. The molecule has 10 N–H and O–H groups in total. The molecular weight excluding hydrogens is 452 g/mol. The van der Waals surface area contributed by atoms with Crippen LogP contribution in [0.15, 0.2) is 0 Å². The fourth-order valence-corrected chi connectivity index (χ4v) is 2.64. The lowest BCUT2D eigenvalue weighted by molar-refractivity contribution is -0.142. The fourth-order valence-electron chi connectivity index (χ4n) is 2.64. The Morgan fingerprint density at radius 1 is 0.706 bits per heavy atom. The van der Waals surface area contributed by atoms with Crippen LogP contribution in [0.2, 0.25) is 0 Å². The monoisotopic (exact) mass is 488 g/mol. The highest BCUT2D eigenvalue weighted by molar-refractivity contribution is 5.93. The van der Waals surface area contributed by atoms with E-state index in [2.05, 4.69) is 21.3 Å². The van der Waals surface area contributed by atoms with Gasteiger partial charge in [0.2, 0.25) is 23.6 Å². The van der Waals surface area contributed by atoms with Crippen molar-refractivity contribution >= 4 is 35.6 Å². The zero-order valence-corrected chi connectivity index (χ0v) is 19.6. The molecule has 4 amide bonds. The van der Waals surface area contributed by atoms with E-state index in [0.29, 0.717) is 19.4 Å². The zero-order valence-electron chi connectivity index (χ0n) is 19.6. The first-order valence-corrected chi connectivity index (χ1v) is 10.9. The molecule has 0 saturated carbocycles. The summed E-state index contributed by atoms with van der Waals surface area (Å²) < 4.78 is 0. The van der Waals surface area contributed by atoms with Crippen LogP contribution in [0, 0.1) is 0 Å². The first-order valence-electron chi connectivity index (χ1n) is 10.9. The Kier molecular flexibility index (Phi) is 14.1. The van der Waals surface area contributed by atoms with E-state index in [1.165, 1.54) is 20.8 Å². The molecule has 0 spiro atoms. The molecule has 0 aromatic carbocycles. The Morgan fingerprint density at radius 3 is 1.79 bits per heavy atom. The highest BCUT2D eigenvalue weighted by Crippen LogP contribution is 2.05. The quantitative estimate of drug-likeness (QED) is 0.105. The number of nitrogens with one attached hydrogen (secondary N) is 4. The molecule has 34 heavy (non-hydrogen) atoms. The van der Waals surface area contributed by atoms with E-state index in [-0.39, 0.29) is 19.3 Å². The Hall–Kier alpha value is -3.26. The van der Waals surface area contributed by atoms with Crippen LogP contribution in [0.1, 0.15) is 52.9 Å². The molecular formula is C20H36N6O8. The van der Waals surface area contributed by atoms with E-state index in [1.807, 2.05) is 0 Å². The van der Waals surface area contributed by atoms with Gasteiger partial charge in [-0.1, -0.05) is 0 Å². The number of carbonyl (C=O) groups is 6. The summed E-state index contributed by atoms with van der Waals surface area (Å²) in [6.07, 6.45) is 0.744. The average Bonchev–Trinajstić information content (AvgIpc) is 2.74. The second-order valence-corrected chi connectivity index (χ2v) is 7.93. The summed E-state index contributed by atoms with van der Waals surface area (Å²) in [6.45, 7) is 4.38. The van der Waals surface area contributed by atoms with Crippen molar-refractivity contribution in [2.45, 2.75) is 83.1 Å². The van der Waals surface area contributed by atoms with Crippen molar-refractivity contribution in [3.05, 3.63) is 0 Å². The van der Waals surface area contributed by atoms with Gasteiger partial charge in [0.25, 0.3) is 0 Å². The highest BCUT2D eigenvalue weighted by Gasteiger charge is 2.27. The molecule has 0 aromatic rings. The summed E-state index contributed by atoms with van der Waals surface area (Å²) in [5.41, 5.74) is 10.9. The summed E-state index contributed by atoms with van der Waals surface area (Å²) in [5.74, 6) is -5.28. The Morgan fingerprint density at radius 2 is 1.29 bits per heavy atom. The molecule has 0 aliphatic heterocycles. The van der Waals surface area contributed by atoms with Gasteiger partial charge in [0.05, 0.1) is 6.04 Å². The predicted octanol–water partition coefficient (Wildman–Crippen LogP) is -2.61. The van der Waals surface area contributed by atoms with Crippen LogP contribution in [0.4, 0.5) is 0 Å². The maximum absolute atomic E-state index is 12.7. The third-order valence-corrected chi connectivity index (χ3v) is 4.77. The SMILES string of the molecule is C[C@H](N)C(=O)N[C@H](CCC(=O)N[C@H](CCCCN)C(=O)N[C@@H](C)C(=O)N[C@@H](C)C(=O)O)C(=O)O. The molecule has 0 aliphatic carbocycles. The minimum absolute atomic E-state index is 0.207.